The summed E-state index contributed by atoms with van der Waals surface area (Å²) >= 11 is 0. The second kappa shape index (κ2) is 12.0. The lowest BCUT2D eigenvalue weighted by Crippen LogP contribution is -2.48. The maximum absolute atomic E-state index is 5.34. The summed E-state index contributed by atoms with van der Waals surface area (Å²) in [6.07, 6.45) is 3.81. The highest BCUT2D eigenvalue weighted by Crippen LogP contribution is 2.16. The maximum atomic E-state index is 5.34. The summed E-state index contributed by atoms with van der Waals surface area (Å²) in [6, 6.07) is 12.9. The Labute approximate surface area is 206 Å². The summed E-state index contributed by atoms with van der Waals surface area (Å²) in [7, 11) is 0. The molecule has 4 rings (SSSR count). The molecular weight excluding hydrogens is 517 g/mol. The van der Waals surface area contributed by atoms with Crippen LogP contribution in [0.4, 0.5) is 0 Å². The number of aryl methyl sites for hydroxylation is 1. The van der Waals surface area contributed by atoms with Crippen molar-refractivity contribution in [3.05, 3.63) is 59.6 Å². The molecule has 1 fully saturated rings. The lowest BCUT2D eigenvalue weighted by Gasteiger charge is -2.33. The van der Waals surface area contributed by atoms with Crippen molar-refractivity contribution in [2.24, 2.45) is 4.99 Å². The zero-order valence-corrected chi connectivity index (χ0v) is 21.0. The maximum Gasteiger partial charge on any atom is 0.216 e. The highest BCUT2D eigenvalue weighted by Gasteiger charge is 2.20. The Bertz CT molecular complexity index is 978. The second-order valence-corrected chi connectivity index (χ2v) is 7.96. The van der Waals surface area contributed by atoms with Crippen molar-refractivity contribution in [3.8, 4) is 11.6 Å². The molecular formula is C23H32IN7O. The van der Waals surface area contributed by atoms with E-state index < -0.39 is 0 Å². The highest BCUT2D eigenvalue weighted by molar-refractivity contribution is 14.0. The van der Waals surface area contributed by atoms with Gasteiger partial charge in [-0.3, -0.25) is 10.00 Å². The average Bonchev–Trinajstić information content (AvgIpc) is 3.46. The van der Waals surface area contributed by atoms with Gasteiger partial charge in [0.25, 0.3) is 0 Å². The predicted molar refractivity (Wildman–Crippen MR) is 137 cm³/mol. The van der Waals surface area contributed by atoms with Gasteiger partial charge in [0.05, 0.1) is 6.26 Å². The number of piperidine rings is 1. The lowest BCUT2D eigenvalue weighted by atomic mass is 10.0. The number of hydrogen-bond donors (Lipinski definition) is 3. The summed E-state index contributed by atoms with van der Waals surface area (Å²) in [4.78, 5) is 11.7. The van der Waals surface area contributed by atoms with Crippen molar-refractivity contribution in [2.75, 3.05) is 19.6 Å². The van der Waals surface area contributed by atoms with Crippen LogP contribution in [0.5, 0.6) is 0 Å². The van der Waals surface area contributed by atoms with Crippen LogP contribution in [0.3, 0.4) is 0 Å². The number of furan rings is 1. The van der Waals surface area contributed by atoms with Crippen LogP contribution in [0, 0.1) is 6.92 Å². The van der Waals surface area contributed by atoms with Crippen molar-refractivity contribution >= 4 is 29.9 Å². The van der Waals surface area contributed by atoms with E-state index in [1.54, 1.807) is 6.26 Å². The number of halogens is 1. The van der Waals surface area contributed by atoms with Gasteiger partial charge < -0.3 is 15.1 Å². The molecule has 3 heterocycles. The smallest absolute Gasteiger partial charge is 0.216 e. The van der Waals surface area contributed by atoms with Gasteiger partial charge in [0.1, 0.15) is 12.4 Å². The minimum absolute atomic E-state index is 0. The van der Waals surface area contributed by atoms with Gasteiger partial charge in [0, 0.05) is 32.2 Å². The highest BCUT2D eigenvalue weighted by atomic mass is 127. The van der Waals surface area contributed by atoms with Gasteiger partial charge in [0.15, 0.2) is 11.7 Å². The molecule has 8 nitrogen and oxygen atoms in total. The number of likely N-dealkylation sites (tertiary alicyclic amines) is 1. The molecule has 0 atom stereocenters. The number of aromatic nitrogens is 3. The normalized spacial score (nSPS) is 15.4. The van der Waals surface area contributed by atoms with E-state index in [0.29, 0.717) is 30.0 Å². The molecule has 9 heteroatoms. The third kappa shape index (κ3) is 6.80. The molecule has 1 aliphatic rings. The van der Waals surface area contributed by atoms with Crippen LogP contribution >= 0.6 is 24.0 Å². The Morgan fingerprint density at radius 3 is 2.81 bits per heavy atom. The van der Waals surface area contributed by atoms with Gasteiger partial charge >= 0.3 is 0 Å². The zero-order valence-electron chi connectivity index (χ0n) is 18.7. The van der Waals surface area contributed by atoms with E-state index in [4.69, 9.17) is 4.42 Å². The molecule has 0 unspecified atom stereocenters. The molecule has 0 bridgehead atoms. The molecule has 1 saturated heterocycles. The fourth-order valence-corrected chi connectivity index (χ4v) is 3.85. The number of benzene rings is 1. The van der Waals surface area contributed by atoms with Gasteiger partial charge in [-0.2, -0.15) is 0 Å². The van der Waals surface area contributed by atoms with Crippen LogP contribution in [0.25, 0.3) is 11.6 Å². The number of aliphatic imine (C=N–C) groups is 1. The van der Waals surface area contributed by atoms with E-state index in [1.165, 1.54) is 11.1 Å². The molecule has 32 heavy (non-hydrogen) atoms. The summed E-state index contributed by atoms with van der Waals surface area (Å²) in [5.41, 5.74) is 2.71. The van der Waals surface area contributed by atoms with Crippen LogP contribution in [0.1, 0.15) is 36.7 Å². The number of nitrogens with zero attached hydrogens (tertiary/aromatic N) is 4. The van der Waals surface area contributed by atoms with Crippen LogP contribution < -0.4 is 10.6 Å². The number of aromatic amines is 1. The van der Waals surface area contributed by atoms with Crippen molar-refractivity contribution < 1.29 is 4.42 Å². The van der Waals surface area contributed by atoms with Gasteiger partial charge in [-0.05, 0) is 44.4 Å². The van der Waals surface area contributed by atoms with Crippen molar-refractivity contribution in [1.29, 1.82) is 0 Å². The largest absolute Gasteiger partial charge is 0.461 e. The van der Waals surface area contributed by atoms with Gasteiger partial charge in [-0.1, -0.05) is 29.8 Å². The minimum atomic E-state index is 0. The standard InChI is InChI=1S/C23H31N7O.HI/c1-3-24-23(25-15-21-27-22(29-28-21)20-8-5-13-31-20)26-19-9-11-30(12-10-19)16-18-7-4-6-17(2)14-18;/h4-8,13-14,19H,3,9-12,15-16H2,1-2H3,(H2,24,25,26)(H,27,28,29);1H. The number of H-pyrrole nitrogens is 1. The fourth-order valence-electron chi connectivity index (χ4n) is 3.85. The molecule has 0 saturated carbocycles. The SMILES string of the molecule is CCNC(=NCc1nc(-c2ccco2)n[nH]1)NC1CCN(Cc2cccc(C)c2)CC1.I. The Hall–Kier alpha value is -2.40. The molecule has 0 spiro atoms. The molecule has 1 aromatic carbocycles. The minimum Gasteiger partial charge on any atom is -0.461 e. The van der Waals surface area contributed by atoms with Crippen molar-refractivity contribution in [3.63, 3.8) is 0 Å². The third-order valence-electron chi connectivity index (χ3n) is 5.42. The van der Waals surface area contributed by atoms with Crippen LogP contribution in [0.2, 0.25) is 0 Å². The Morgan fingerprint density at radius 1 is 1.25 bits per heavy atom. The Morgan fingerprint density at radius 2 is 2.09 bits per heavy atom. The quantitative estimate of drug-likeness (QED) is 0.237. The summed E-state index contributed by atoms with van der Waals surface area (Å²) in [5.74, 6) is 2.72. The van der Waals surface area contributed by atoms with Crippen LogP contribution in [-0.2, 0) is 13.1 Å². The van der Waals surface area contributed by atoms with Crippen molar-refractivity contribution in [2.45, 2.75) is 45.8 Å². The number of nitrogens with one attached hydrogen (secondary N) is 3. The monoisotopic (exact) mass is 549 g/mol. The van der Waals surface area contributed by atoms with E-state index >= 15 is 0 Å². The molecule has 3 aromatic rings. The summed E-state index contributed by atoms with van der Waals surface area (Å²) in [5, 5.41) is 14.1. The summed E-state index contributed by atoms with van der Waals surface area (Å²) in [6.45, 7) is 8.65. The Kier molecular flexibility index (Phi) is 9.10. The van der Waals surface area contributed by atoms with E-state index in [2.05, 4.69) is 73.8 Å². The second-order valence-electron chi connectivity index (χ2n) is 7.96. The third-order valence-corrected chi connectivity index (χ3v) is 5.42. The molecule has 0 radical (unpaired) electrons. The van der Waals surface area contributed by atoms with Crippen LogP contribution in [-0.4, -0.2) is 51.7 Å². The predicted octanol–water partition coefficient (Wildman–Crippen LogP) is 3.71. The van der Waals surface area contributed by atoms with Gasteiger partial charge in [-0.15, -0.1) is 29.1 Å². The number of guanidine groups is 1. The topological polar surface area (TPSA) is 94.4 Å². The van der Waals surface area contributed by atoms with Crippen LogP contribution in [0.15, 0.2) is 52.1 Å². The van der Waals surface area contributed by atoms with E-state index in [1.807, 2.05) is 12.1 Å². The molecule has 2 aromatic heterocycles. The van der Waals surface area contributed by atoms with Crippen molar-refractivity contribution in [1.82, 2.24) is 30.7 Å². The van der Waals surface area contributed by atoms with E-state index in [0.717, 1.165) is 45.0 Å². The first kappa shape index (κ1) is 24.2. The number of rotatable bonds is 7. The van der Waals surface area contributed by atoms with Gasteiger partial charge in [-0.25, -0.2) is 9.98 Å². The summed E-state index contributed by atoms with van der Waals surface area (Å²) < 4.78 is 5.34. The van der Waals surface area contributed by atoms with Gasteiger partial charge in [0.2, 0.25) is 5.82 Å². The first-order valence-corrected chi connectivity index (χ1v) is 11.0. The lowest BCUT2D eigenvalue weighted by molar-refractivity contribution is 0.198. The molecule has 1 aliphatic heterocycles. The number of hydrogen-bond acceptors (Lipinski definition) is 5. The molecule has 0 amide bonds. The fraction of sp³-hybridized carbons (Fsp3) is 0.435. The average molecular weight is 549 g/mol. The Balaban J connectivity index is 0.00000289. The zero-order chi connectivity index (χ0) is 21.5. The van der Waals surface area contributed by atoms with E-state index in [9.17, 15) is 0 Å². The molecule has 3 N–H and O–H groups in total. The molecule has 0 aliphatic carbocycles. The first-order valence-electron chi connectivity index (χ1n) is 11.0. The van der Waals surface area contributed by atoms with E-state index in [-0.39, 0.29) is 24.0 Å². The first-order chi connectivity index (χ1) is 15.2. The molecule has 172 valence electrons.